The number of ketones is 1. The van der Waals surface area contributed by atoms with Gasteiger partial charge in [0.05, 0.1) is 0 Å². The van der Waals surface area contributed by atoms with Crippen molar-refractivity contribution in [2.45, 2.75) is 71.3 Å². The van der Waals surface area contributed by atoms with Gasteiger partial charge in [0.25, 0.3) is 0 Å². The molecule has 1 aliphatic rings. The smallest absolute Gasteiger partial charge is 0.225 e. The number of carbonyl (C=O) groups is 2. The highest BCUT2D eigenvalue weighted by Crippen LogP contribution is 2.23. The fourth-order valence-corrected chi connectivity index (χ4v) is 2.87. The molecule has 18 heavy (non-hydrogen) atoms. The van der Waals surface area contributed by atoms with Crippen molar-refractivity contribution in [3.63, 3.8) is 0 Å². The summed E-state index contributed by atoms with van der Waals surface area (Å²) in [6.45, 7) is 4.27. The Bertz CT molecular complexity index is 272. The Morgan fingerprint density at radius 1 is 1.22 bits per heavy atom. The second kappa shape index (κ2) is 7.55. The van der Waals surface area contributed by atoms with Crippen LogP contribution in [0.5, 0.6) is 0 Å². The topological polar surface area (TPSA) is 37.4 Å². The van der Waals surface area contributed by atoms with Gasteiger partial charge in [0.1, 0.15) is 5.78 Å². The summed E-state index contributed by atoms with van der Waals surface area (Å²) >= 11 is 0. The Labute approximate surface area is 111 Å². The molecular formula is C15H27NO2. The molecule has 0 saturated heterocycles. The monoisotopic (exact) mass is 253 g/mol. The number of rotatable bonds is 6. The van der Waals surface area contributed by atoms with Crippen LogP contribution >= 0.6 is 0 Å². The highest BCUT2D eigenvalue weighted by molar-refractivity contribution is 5.81. The number of amides is 1. The molecule has 0 N–H and O–H groups in total. The number of Topliss-reactive ketones (excluding diaryl/α,β-unsaturated/α-hetero) is 1. The standard InChI is InChI=1S/C15H27NO2/c1-4-6-12(7-5-2)15(18)16(3)13-8-10-14(17)11-9-13/h12-13H,4-11H2,1-3H3. The van der Waals surface area contributed by atoms with Crippen molar-refractivity contribution in [1.29, 1.82) is 0 Å². The van der Waals surface area contributed by atoms with Crippen molar-refractivity contribution >= 4 is 11.7 Å². The van der Waals surface area contributed by atoms with Crippen LogP contribution in [-0.4, -0.2) is 29.7 Å². The van der Waals surface area contributed by atoms with Crippen molar-refractivity contribution in [1.82, 2.24) is 4.90 Å². The fourth-order valence-electron chi connectivity index (χ4n) is 2.87. The molecule has 1 rings (SSSR count). The molecule has 1 aliphatic carbocycles. The predicted molar refractivity (Wildman–Crippen MR) is 73.3 cm³/mol. The summed E-state index contributed by atoms with van der Waals surface area (Å²) in [5, 5.41) is 0. The minimum absolute atomic E-state index is 0.183. The van der Waals surface area contributed by atoms with E-state index in [1.54, 1.807) is 0 Å². The Kier molecular flexibility index (Phi) is 6.37. The quantitative estimate of drug-likeness (QED) is 0.729. The minimum Gasteiger partial charge on any atom is -0.343 e. The molecule has 0 aromatic rings. The number of nitrogens with zero attached hydrogens (tertiary/aromatic N) is 1. The van der Waals surface area contributed by atoms with E-state index in [1.165, 1.54) is 0 Å². The molecule has 0 spiro atoms. The summed E-state index contributed by atoms with van der Waals surface area (Å²) in [5.41, 5.74) is 0. The molecule has 0 aromatic heterocycles. The van der Waals surface area contributed by atoms with Crippen LogP contribution in [0.1, 0.15) is 65.2 Å². The first-order valence-electron chi connectivity index (χ1n) is 7.38. The molecule has 0 aromatic carbocycles. The Hall–Kier alpha value is -0.860. The van der Waals surface area contributed by atoms with Gasteiger partial charge < -0.3 is 4.90 Å². The molecule has 0 radical (unpaired) electrons. The highest BCUT2D eigenvalue weighted by Gasteiger charge is 2.28. The third-order valence-corrected chi connectivity index (χ3v) is 4.03. The lowest BCUT2D eigenvalue weighted by molar-refractivity contribution is -0.138. The van der Waals surface area contributed by atoms with Crippen molar-refractivity contribution < 1.29 is 9.59 Å². The third kappa shape index (κ3) is 4.11. The Balaban J connectivity index is 2.54. The number of carbonyl (C=O) groups excluding carboxylic acids is 2. The van der Waals surface area contributed by atoms with Crippen LogP contribution in [0.4, 0.5) is 0 Å². The maximum absolute atomic E-state index is 12.4. The molecule has 1 saturated carbocycles. The third-order valence-electron chi connectivity index (χ3n) is 4.03. The van der Waals surface area contributed by atoms with Gasteiger partial charge >= 0.3 is 0 Å². The normalized spacial score (nSPS) is 17.2. The van der Waals surface area contributed by atoms with Gasteiger partial charge in [0.2, 0.25) is 5.91 Å². The van der Waals surface area contributed by atoms with Gasteiger partial charge in [0.15, 0.2) is 0 Å². The zero-order valence-electron chi connectivity index (χ0n) is 12.1. The summed E-state index contributed by atoms with van der Waals surface area (Å²) in [5.74, 6) is 0.825. The predicted octanol–water partition coefficient (Wildman–Crippen LogP) is 3.17. The first-order valence-corrected chi connectivity index (χ1v) is 7.38. The van der Waals surface area contributed by atoms with Crippen LogP contribution in [0.25, 0.3) is 0 Å². The molecular weight excluding hydrogens is 226 g/mol. The van der Waals surface area contributed by atoms with E-state index in [9.17, 15) is 9.59 Å². The van der Waals surface area contributed by atoms with Crippen LogP contribution in [0.3, 0.4) is 0 Å². The van der Waals surface area contributed by atoms with E-state index >= 15 is 0 Å². The molecule has 1 fully saturated rings. The van der Waals surface area contributed by atoms with Gasteiger partial charge in [-0.25, -0.2) is 0 Å². The van der Waals surface area contributed by atoms with Crippen LogP contribution in [-0.2, 0) is 9.59 Å². The first-order chi connectivity index (χ1) is 8.60. The fraction of sp³-hybridized carbons (Fsp3) is 0.867. The zero-order valence-corrected chi connectivity index (χ0v) is 12.1. The zero-order chi connectivity index (χ0) is 13.5. The van der Waals surface area contributed by atoms with Crippen molar-refractivity contribution in [2.24, 2.45) is 5.92 Å². The lowest BCUT2D eigenvalue weighted by Crippen LogP contribution is -2.42. The summed E-state index contributed by atoms with van der Waals surface area (Å²) in [6, 6.07) is 0.284. The lowest BCUT2D eigenvalue weighted by Gasteiger charge is -2.33. The summed E-state index contributed by atoms with van der Waals surface area (Å²) in [6.07, 6.45) is 7.10. The molecule has 0 atom stereocenters. The summed E-state index contributed by atoms with van der Waals surface area (Å²) in [7, 11) is 1.92. The molecule has 0 unspecified atom stereocenters. The van der Waals surface area contributed by atoms with Crippen molar-refractivity contribution in [3.8, 4) is 0 Å². The van der Waals surface area contributed by atoms with Gasteiger partial charge in [0, 0.05) is 31.8 Å². The second-order valence-electron chi connectivity index (χ2n) is 5.49. The second-order valence-corrected chi connectivity index (χ2v) is 5.49. The van der Waals surface area contributed by atoms with Gasteiger partial charge in [-0.1, -0.05) is 26.7 Å². The molecule has 3 nitrogen and oxygen atoms in total. The van der Waals surface area contributed by atoms with E-state index < -0.39 is 0 Å². The molecule has 0 aliphatic heterocycles. The molecule has 0 bridgehead atoms. The van der Waals surface area contributed by atoms with Crippen molar-refractivity contribution in [2.75, 3.05) is 7.05 Å². The lowest BCUT2D eigenvalue weighted by atomic mass is 9.91. The largest absolute Gasteiger partial charge is 0.343 e. The maximum atomic E-state index is 12.4. The summed E-state index contributed by atoms with van der Waals surface area (Å²) in [4.78, 5) is 25.6. The molecule has 3 heteroatoms. The van der Waals surface area contributed by atoms with Crippen LogP contribution < -0.4 is 0 Å². The maximum Gasteiger partial charge on any atom is 0.225 e. The van der Waals surface area contributed by atoms with Crippen LogP contribution in [0, 0.1) is 5.92 Å². The van der Waals surface area contributed by atoms with Gasteiger partial charge in [-0.3, -0.25) is 9.59 Å². The van der Waals surface area contributed by atoms with Crippen molar-refractivity contribution in [3.05, 3.63) is 0 Å². The molecule has 0 heterocycles. The average molecular weight is 253 g/mol. The van der Waals surface area contributed by atoms with Gasteiger partial charge in [-0.05, 0) is 25.7 Å². The van der Waals surface area contributed by atoms with Gasteiger partial charge in [-0.15, -0.1) is 0 Å². The highest BCUT2D eigenvalue weighted by atomic mass is 16.2. The van der Waals surface area contributed by atoms with Crippen LogP contribution in [0.2, 0.25) is 0 Å². The number of hydrogen-bond donors (Lipinski definition) is 0. The van der Waals surface area contributed by atoms with E-state index in [0.717, 1.165) is 38.5 Å². The van der Waals surface area contributed by atoms with E-state index in [4.69, 9.17) is 0 Å². The minimum atomic E-state index is 0.183. The SMILES string of the molecule is CCCC(CCC)C(=O)N(C)C1CCC(=O)CC1. The first kappa shape index (κ1) is 15.2. The van der Waals surface area contributed by atoms with Gasteiger partial charge in [-0.2, -0.15) is 0 Å². The van der Waals surface area contributed by atoms with E-state index in [1.807, 2.05) is 11.9 Å². The van der Waals surface area contributed by atoms with Crippen LogP contribution in [0.15, 0.2) is 0 Å². The van der Waals surface area contributed by atoms with E-state index in [2.05, 4.69) is 13.8 Å². The Morgan fingerprint density at radius 3 is 2.17 bits per heavy atom. The molecule has 1 amide bonds. The van der Waals surface area contributed by atoms with E-state index in [-0.39, 0.29) is 17.9 Å². The molecule has 104 valence electrons. The Morgan fingerprint density at radius 2 is 1.72 bits per heavy atom. The average Bonchev–Trinajstić information content (AvgIpc) is 2.38. The van der Waals surface area contributed by atoms with E-state index in [0.29, 0.717) is 18.6 Å². The number of hydrogen-bond acceptors (Lipinski definition) is 2. The summed E-state index contributed by atoms with van der Waals surface area (Å²) < 4.78 is 0.